The van der Waals surface area contributed by atoms with Crippen LogP contribution >= 0.6 is 23.1 Å². The van der Waals surface area contributed by atoms with Crippen LogP contribution in [0.4, 0.5) is 5.13 Å². The number of carbonyl (C=O) groups excluding carboxylic acids is 1. The van der Waals surface area contributed by atoms with Gasteiger partial charge in [-0.15, -0.1) is 10.2 Å². The van der Waals surface area contributed by atoms with Crippen molar-refractivity contribution in [1.82, 2.24) is 14.5 Å². The summed E-state index contributed by atoms with van der Waals surface area (Å²) in [4.78, 5) is 12.4. The number of nitrogens with one attached hydrogen (secondary N) is 1. The van der Waals surface area contributed by atoms with Gasteiger partial charge in [0, 0.05) is 18.7 Å². The molecule has 0 unspecified atom stereocenters. The molecule has 3 rings (SSSR count). The lowest BCUT2D eigenvalue weighted by molar-refractivity contribution is 0.0730. The number of nitrogens with zero attached hydrogens (tertiary/aromatic N) is 3. The van der Waals surface area contributed by atoms with Gasteiger partial charge < -0.3 is 4.74 Å². The Balaban J connectivity index is 1.69. The molecule has 1 aromatic carbocycles. The monoisotopic (exact) mass is 414 g/mol. The zero-order chi connectivity index (χ0) is 18.6. The first-order valence-electron chi connectivity index (χ1n) is 7.96. The van der Waals surface area contributed by atoms with Crippen molar-refractivity contribution in [3.63, 3.8) is 0 Å². The highest BCUT2D eigenvalue weighted by atomic mass is 32.2. The third kappa shape index (κ3) is 4.41. The Morgan fingerprint density at radius 3 is 2.62 bits per heavy atom. The van der Waals surface area contributed by atoms with Crippen molar-refractivity contribution in [3.05, 3.63) is 29.8 Å². The molecule has 0 radical (unpaired) electrons. The smallest absolute Gasteiger partial charge is 0.257 e. The van der Waals surface area contributed by atoms with Gasteiger partial charge in [0.1, 0.15) is 0 Å². The fraction of sp³-hybridized carbons (Fsp3) is 0.400. The number of benzene rings is 1. The molecular weight excluding hydrogens is 396 g/mol. The van der Waals surface area contributed by atoms with Gasteiger partial charge in [-0.2, -0.15) is 4.31 Å². The highest BCUT2D eigenvalue weighted by Gasteiger charge is 2.26. The van der Waals surface area contributed by atoms with Gasteiger partial charge in [-0.05, 0) is 30.0 Å². The van der Waals surface area contributed by atoms with E-state index < -0.39 is 10.0 Å². The molecule has 2 aromatic rings. The number of thioether (sulfide) groups is 1. The summed E-state index contributed by atoms with van der Waals surface area (Å²) in [7, 11) is -3.57. The van der Waals surface area contributed by atoms with Gasteiger partial charge in [0.2, 0.25) is 15.2 Å². The number of carbonyl (C=O) groups is 1. The minimum atomic E-state index is -3.57. The standard InChI is InChI=1S/C15H18N4O4S3/c1-2-24-15-18-17-14(25-15)16-13(20)11-3-5-12(6-4-11)26(21,22)19-7-9-23-10-8-19/h3-6H,2,7-10H2,1H3,(H,16,17,20). The molecule has 1 saturated heterocycles. The van der Waals surface area contributed by atoms with Crippen LogP contribution in [0.1, 0.15) is 17.3 Å². The van der Waals surface area contributed by atoms with Crippen LogP contribution in [0.5, 0.6) is 0 Å². The van der Waals surface area contributed by atoms with Crippen LogP contribution in [-0.2, 0) is 14.8 Å². The van der Waals surface area contributed by atoms with Crippen LogP contribution < -0.4 is 5.32 Å². The lowest BCUT2D eigenvalue weighted by atomic mass is 10.2. The van der Waals surface area contributed by atoms with Crippen LogP contribution in [-0.4, -0.2) is 60.9 Å². The number of ether oxygens (including phenoxy) is 1. The molecule has 140 valence electrons. The molecule has 8 nitrogen and oxygen atoms in total. The van der Waals surface area contributed by atoms with Crippen LogP contribution in [0.2, 0.25) is 0 Å². The number of aromatic nitrogens is 2. The minimum absolute atomic E-state index is 0.161. The fourth-order valence-electron chi connectivity index (χ4n) is 2.33. The third-order valence-electron chi connectivity index (χ3n) is 3.62. The molecule has 0 spiro atoms. The number of sulfonamides is 1. The van der Waals surface area contributed by atoms with Gasteiger partial charge >= 0.3 is 0 Å². The Kier molecular flexibility index (Phi) is 6.24. The quantitative estimate of drug-likeness (QED) is 0.569. The van der Waals surface area contributed by atoms with E-state index in [1.54, 1.807) is 11.8 Å². The van der Waals surface area contributed by atoms with Crippen molar-refractivity contribution in [1.29, 1.82) is 0 Å². The maximum atomic E-state index is 12.6. The van der Waals surface area contributed by atoms with Gasteiger partial charge in [-0.3, -0.25) is 10.1 Å². The van der Waals surface area contributed by atoms with E-state index >= 15 is 0 Å². The predicted octanol–water partition coefficient (Wildman–Crippen LogP) is 1.92. The Morgan fingerprint density at radius 1 is 1.27 bits per heavy atom. The molecule has 0 atom stereocenters. The largest absolute Gasteiger partial charge is 0.379 e. The number of morpholine rings is 1. The Labute approximate surface area is 160 Å². The lowest BCUT2D eigenvalue weighted by Crippen LogP contribution is -2.40. The van der Waals surface area contributed by atoms with Crippen LogP contribution in [0, 0.1) is 0 Å². The zero-order valence-electron chi connectivity index (χ0n) is 14.0. The van der Waals surface area contributed by atoms with Crippen molar-refractivity contribution < 1.29 is 17.9 Å². The predicted molar refractivity (Wildman–Crippen MR) is 100 cm³/mol. The molecule has 1 aliphatic rings. The molecule has 1 fully saturated rings. The Bertz CT molecular complexity index is 861. The molecule has 26 heavy (non-hydrogen) atoms. The molecule has 11 heteroatoms. The van der Waals surface area contributed by atoms with E-state index in [4.69, 9.17) is 4.74 Å². The number of anilines is 1. The van der Waals surface area contributed by atoms with Crippen molar-refractivity contribution in [2.75, 3.05) is 37.4 Å². The topological polar surface area (TPSA) is 101 Å². The molecule has 1 amide bonds. The van der Waals surface area contributed by atoms with Gasteiger partial charge in [0.15, 0.2) is 4.34 Å². The first kappa shape index (κ1) is 19.2. The first-order valence-corrected chi connectivity index (χ1v) is 11.2. The van der Waals surface area contributed by atoms with Crippen LogP contribution in [0.3, 0.4) is 0 Å². The van der Waals surface area contributed by atoms with Crippen molar-refractivity contribution in [2.24, 2.45) is 0 Å². The average molecular weight is 415 g/mol. The maximum Gasteiger partial charge on any atom is 0.257 e. The number of amides is 1. The van der Waals surface area contributed by atoms with E-state index in [9.17, 15) is 13.2 Å². The van der Waals surface area contributed by atoms with Gasteiger partial charge in [-0.1, -0.05) is 30.0 Å². The second-order valence-corrected chi connectivity index (χ2v) is 9.73. The van der Waals surface area contributed by atoms with Crippen molar-refractivity contribution >= 4 is 44.2 Å². The summed E-state index contributed by atoms with van der Waals surface area (Å²) in [5.74, 6) is 0.520. The van der Waals surface area contributed by atoms with Crippen LogP contribution in [0.25, 0.3) is 0 Å². The van der Waals surface area contributed by atoms with E-state index in [0.717, 1.165) is 10.1 Å². The van der Waals surface area contributed by atoms with Gasteiger partial charge in [0.05, 0.1) is 18.1 Å². The van der Waals surface area contributed by atoms with Crippen molar-refractivity contribution in [2.45, 2.75) is 16.2 Å². The lowest BCUT2D eigenvalue weighted by Gasteiger charge is -2.26. The van der Waals surface area contributed by atoms with E-state index in [0.29, 0.717) is 37.0 Å². The average Bonchev–Trinajstić information content (AvgIpc) is 3.10. The highest BCUT2D eigenvalue weighted by Crippen LogP contribution is 2.25. The zero-order valence-corrected chi connectivity index (χ0v) is 16.5. The summed E-state index contributed by atoms with van der Waals surface area (Å²) in [6.45, 7) is 3.45. The minimum Gasteiger partial charge on any atom is -0.379 e. The van der Waals surface area contributed by atoms with E-state index in [-0.39, 0.29) is 10.8 Å². The summed E-state index contributed by atoms with van der Waals surface area (Å²) < 4.78 is 32.5. The fourth-order valence-corrected chi connectivity index (χ4v) is 5.38. The first-order chi connectivity index (χ1) is 12.5. The molecule has 1 aromatic heterocycles. The summed E-state index contributed by atoms with van der Waals surface area (Å²) >= 11 is 2.85. The second kappa shape index (κ2) is 8.44. The molecule has 1 N–H and O–H groups in total. The van der Waals surface area contributed by atoms with Crippen molar-refractivity contribution in [3.8, 4) is 0 Å². The van der Waals surface area contributed by atoms with E-state index in [1.165, 1.54) is 39.9 Å². The number of hydrogen-bond donors (Lipinski definition) is 1. The van der Waals surface area contributed by atoms with Gasteiger partial charge in [0.25, 0.3) is 5.91 Å². The Morgan fingerprint density at radius 2 is 1.96 bits per heavy atom. The summed E-state index contributed by atoms with van der Waals surface area (Å²) in [5, 5.41) is 11.0. The molecule has 0 bridgehead atoms. The van der Waals surface area contributed by atoms with Gasteiger partial charge in [-0.25, -0.2) is 8.42 Å². The summed E-state index contributed by atoms with van der Waals surface area (Å²) in [6, 6.07) is 5.87. The summed E-state index contributed by atoms with van der Waals surface area (Å²) in [5.41, 5.74) is 0.353. The van der Waals surface area contributed by atoms with E-state index in [1.807, 2.05) is 6.92 Å². The maximum absolute atomic E-state index is 12.6. The normalized spacial score (nSPS) is 15.7. The van der Waals surface area contributed by atoms with Crippen LogP contribution in [0.15, 0.2) is 33.5 Å². The highest BCUT2D eigenvalue weighted by molar-refractivity contribution is 8.01. The molecular formula is C15H18N4O4S3. The molecule has 0 saturated carbocycles. The molecule has 0 aliphatic carbocycles. The molecule has 2 heterocycles. The Hall–Kier alpha value is -1.53. The number of hydrogen-bond acceptors (Lipinski definition) is 8. The third-order valence-corrected chi connectivity index (χ3v) is 7.39. The van der Waals surface area contributed by atoms with E-state index in [2.05, 4.69) is 15.5 Å². The SMILES string of the molecule is CCSc1nnc(NC(=O)c2ccc(S(=O)(=O)N3CCOCC3)cc2)s1. The number of rotatable bonds is 6. The second-order valence-electron chi connectivity index (χ2n) is 5.30. The molecule has 1 aliphatic heterocycles. The summed E-state index contributed by atoms with van der Waals surface area (Å²) in [6.07, 6.45) is 0.